The molecule has 0 radical (unpaired) electrons. The van der Waals surface area contributed by atoms with Gasteiger partial charge in [0.15, 0.2) is 40.7 Å². The minimum atomic E-state index is -4.67. The number of rotatable bonds is 8. The molecule has 2 aromatic rings. The van der Waals surface area contributed by atoms with Gasteiger partial charge in [0, 0.05) is 0 Å². The lowest BCUT2D eigenvalue weighted by molar-refractivity contribution is -0.134. The van der Waals surface area contributed by atoms with Crippen molar-refractivity contribution in [2.75, 3.05) is 12.3 Å². The van der Waals surface area contributed by atoms with Crippen molar-refractivity contribution in [1.82, 2.24) is 24.2 Å². The van der Waals surface area contributed by atoms with Crippen LogP contribution in [0, 0.1) is 0 Å². The van der Waals surface area contributed by atoms with Crippen LogP contribution in [0.4, 0.5) is 5.82 Å². The van der Waals surface area contributed by atoms with Crippen molar-refractivity contribution in [3.05, 3.63) is 12.7 Å². The lowest BCUT2D eigenvalue weighted by Crippen LogP contribution is -2.45. The van der Waals surface area contributed by atoms with E-state index in [1.54, 1.807) is 0 Å². The largest absolute Gasteiger partial charge is 0.394 e. The predicted octanol–water partition coefficient (Wildman–Crippen LogP) is -2.98. The van der Waals surface area contributed by atoms with Crippen LogP contribution in [-0.4, -0.2) is 81.0 Å². The Bertz CT molecular complexity index is 1110. The molecule has 3 rings (SSSR count). The molecule has 18 heteroatoms. The fourth-order valence-corrected chi connectivity index (χ4v) is 3.79. The Morgan fingerprint density at radius 2 is 2.03 bits per heavy atom. The van der Waals surface area contributed by atoms with E-state index >= 15 is 0 Å². The number of ether oxygens (including phenoxy) is 1. The van der Waals surface area contributed by atoms with Gasteiger partial charge in [-0.15, -0.1) is 0 Å². The highest BCUT2D eigenvalue weighted by Crippen LogP contribution is 2.32. The molecule has 2 aromatic heterocycles. The lowest BCUT2D eigenvalue weighted by Gasteiger charge is -2.16. The fraction of sp³-hybridized carbons (Fsp3) is 0.500. The first-order valence-electron chi connectivity index (χ1n) is 8.76. The summed E-state index contributed by atoms with van der Waals surface area (Å²) in [7, 11) is -4.67. The van der Waals surface area contributed by atoms with Gasteiger partial charge >= 0.3 is 16.3 Å². The number of aromatic nitrogens is 4. The van der Waals surface area contributed by atoms with Crippen molar-refractivity contribution in [2.24, 2.45) is 5.73 Å². The zero-order valence-electron chi connectivity index (χ0n) is 15.9. The van der Waals surface area contributed by atoms with Gasteiger partial charge in [-0.1, -0.05) is 0 Å². The number of halogens is 1. The topological polar surface area (TPSA) is 244 Å². The van der Waals surface area contributed by atoms with Gasteiger partial charge in [-0.25, -0.2) is 19.7 Å². The summed E-state index contributed by atoms with van der Waals surface area (Å²) in [6.07, 6.45) is -3.67. The van der Waals surface area contributed by atoms with Gasteiger partial charge in [-0.2, -0.15) is 8.42 Å². The molecule has 1 amide bonds. The van der Waals surface area contributed by atoms with Crippen LogP contribution in [-0.2, 0) is 31.9 Å². The van der Waals surface area contributed by atoms with Crippen molar-refractivity contribution < 1.29 is 40.2 Å². The molecule has 0 unspecified atom stereocenters. The van der Waals surface area contributed by atoms with Gasteiger partial charge in [-0.05, 0) is 0 Å². The maximum atomic E-state index is 12.0. The van der Waals surface area contributed by atoms with E-state index in [1.807, 2.05) is 0 Å². The first kappa shape index (κ1) is 24.4. The molecule has 3 heterocycles. The Balaban J connectivity index is 1.63. The maximum Gasteiger partial charge on any atom is 0.362 e. The van der Waals surface area contributed by atoms with Crippen molar-refractivity contribution in [2.45, 2.75) is 37.0 Å². The molecule has 0 aromatic carbocycles. The number of fused-ring (bicyclic) bond motifs is 1. The number of aliphatic hydroxyl groups is 2. The number of amides is 1. The van der Waals surface area contributed by atoms with E-state index < -0.39 is 65.8 Å². The number of nitrogens with two attached hydrogens (primary N) is 2. The SMILES string of the molecule is Nc1ncnc2c1ncn2[C@@H]1O[C@H](COS(=O)(=O)NC(=O)[C@@H](N)CC(=O)OI)[C@@H](O)[C@H]1O. The van der Waals surface area contributed by atoms with Gasteiger partial charge in [0.05, 0.1) is 25.4 Å². The van der Waals surface area contributed by atoms with Gasteiger partial charge in [0.2, 0.25) is 0 Å². The van der Waals surface area contributed by atoms with Crippen LogP contribution in [0.25, 0.3) is 11.2 Å². The number of carbonyl (C=O) groups is 2. The van der Waals surface area contributed by atoms with Gasteiger partial charge in [0.25, 0.3) is 5.91 Å². The molecule has 0 spiro atoms. The molecule has 1 aliphatic heterocycles. The summed E-state index contributed by atoms with van der Waals surface area (Å²) < 4.78 is 41.3. The molecule has 1 aliphatic rings. The fourth-order valence-electron chi connectivity index (χ4n) is 2.84. The van der Waals surface area contributed by atoms with E-state index in [9.17, 15) is 28.2 Å². The maximum absolute atomic E-state index is 12.0. The normalized spacial score (nSPS) is 24.4. The third-order valence-electron chi connectivity index (χ3n) is 4.42. The van der Waals surface area contributed by atoms with E-state index in [1.165, 1.54) is 44.9 Å². The molecule has 32 heavy (non-hydrogen) atoms. The molecule has 1 saturated heterocycles. The molecular formula is C14H18IN7O9S. The van der Waals surface area contributed by atoms with Crippen LogP contribution in [0.2, 0.25) is 0 Å². The standard InChI is InChI=1S/C14H18IN7O9S/c15-31-7(23)1-5(16)13(26)21-32(27,28)29-2-6-9(24)10(25)14(30-6)22-4-20-8-11(17)18-3-19-12(8)22/h3-6,9-10,14,24-25H,1-2,16H2,(H,21,26)(H2,17,18,19)/t5-,6+,9+,10+,14+/m0/s1. The average molecular weight is 587 g/mol. The zero-order valence-corrected chi connectivity index (χ0v) is 18.9. The van der Waals surface area contributed by atoms with Crippen molar-refractivity contribution in [1.29, 1.82) is 0 Å². The molecule has 0 aliphatic carbocycles. The zero-order chi connectivity index (χ0) is 23.6. The number of anilines is 1. The van der Waals surface area contributed by atoms with E-state index in [2.05, 4.69) is 22.2 Å². The summed E-state index contributed by atoms with van der Waals surface area (Å²) in [5.41, 5.74) is 11.6. The predicted molar refractivity (Wildman–Crippen MR) is 111 cm³/mol. The van der Waals surface area contributed by atoms with Crippen molar-refractivity contribution in [3.63, 3.8) is 0 Å². The molecule has 176 valence electrons. The Hall–Kier alpha value is -2.23. The summed E-state index contributed by atoms with van der Waals surface area (Å²) in [5, 5.41) is 20.6. The van der Waals surface area contributed by atoms with Crippen LogP contribution < -0.4 is 16.2 Å². The van der Waals surface area contributed by atoms with Crippen molar-refractivity contribution in [3.8, 4) is 0 Å². The summed E-state index contributed by atoms with van der Waals surface area (Å²) >= 11 is 1.29. The summed E-state index contributed by atoms with van der Waals surface area (Å²) in [6, 6.07) is -1.50. The molecule has 16 nitrogen and oxygen atoms in total. The van der Waals surface area contributed by atoms with Crippen LogP contribution >= 0.6 is 23.0 Å². The van der Waals surface area contributed by atoms with Crippen LogP contribution in [0.3, 0.4) is 0 Å². The van der Waals surface area contributed by atoms with Crippen molar-refractivity contribution >= 4 is 62.2 Å². The van der Waals surface area contributed by atoms with E-state index in [0.29, 0.717) is 0 Å². The lowest BCUT2D eigenvalue weighted by atomic mass is 10.1. The summed E-state index contributed by atoms with van der Waals surface area (Å²) in [4.78, 5) is 34.8. The highest BCUT2D eigenvalue weighted by atomic mass is 127. The Morgan fingerprint density at radius 1 is 1.31 bits per heavy atom. The highest BCUT2D eigenvalue weighted by molar-refractivity contribution is 14.1. The summed E-state index contributed by atoms with van der Waals surface area (Å²) in [5.74, 6) is -1.94. The van der Waals surface area contributed by atoms with Gasteiger partial charge in [-0.3, -0.25) is 18.3 Å². The second-order valence-electron chi connectivity index (χ2n) is 6.59. The number of aliphatic hydroxyl groups excluding tert-OH is 2. The molecule has 5 atom stereocenters. The summed E-state index contributed by atoms with van der Waals surface area (Å²) in [6.45, 7) is -0.758. The minimum absolute atomic E-state index is 0.0912. The third-order valence-corrected chi connectivity index (χ3v) is 5.81. The second kappa shape index (κ2) is 9.72. The first-order valence-corrected chi connectivity index (χ1v) is 11.1. The average Bonchev–Trinajstić information content (AvgIpc) is 3.28. The number of hydrogen-bond acceptors (Lipinski definition) is 14. The van der Waals surface area contributed by atoms with E-state index in [0.717, 1.165) is 0 Å². The number of nitrogen functional groups attached to an aromatic ring is 1. The number of hydrogen-bond donors (Lipinski definition) is 5. The molecular weight excluding hydrogens is 569 g/mol. The molecule has 0 saturated carbocycles. The minimum Gasteiger partial charge on any atom is -0.394 e. The van der Waals surface area contributed by atoms with Crippen LogP contribution in [0.5, 0.6) is 0 Å². The third kappa shape index (κ3) is 5.22. The Morgan fingerprint density at radius 3 is 2.72 bits per heavy atom. The second-order valence-corrected chi connectivity index (χ2v) is 8.38. The van der Waals surface area contributed by atoms with E-state index in [4.69, 9.17) is 16.2 Å². The number of carbonyl (C=O) groups excluding carboxylic acids is 2. The quantitative estimate of drug-likeness (QED) is 0.194. The van der Waals surface area contributed by atoms with Crippen LogP contribution in [0.15, 0.2) is 12.7 Å². The Kier molecular flexibility index (Phi) is 7.42. The van der Waals surface area contributed by atoms with Gasteiger partial charge in [0.1, 0.15) is 30.2 Å². The smallest absolute Gasteiger partial charge is 0.362 e. The molecule has 1 fully saturated rings. The van der Waals surface area contributed by atoms with Crippen LogP contribution in [0.1, 0.15) is 12.6 Å². The Labute approximate surface area is 194 Å². The number of nitrogens with zero attached hydrogens (tertiary/aromatic N) is 4. The number of nitrogens with one attached hydrogen (secondary N) is 1. The monoisotopic (exact) mass is 587 g/mol. The molecule has 0 bridgehead atoms. The molecule has 7 N–H and O–H groups in total. The van der Waals surface area contributed by atoms with E-state index in [-0.39, 0.29) is 17.0 Å². The highest BCUT2D eigenvalue weighted by Gasteiger charge is 2.45. The first-order chi connectivity index (χ1) is 15.0. The number of imidazole rings is 1. The van der Waals surface area contributed by atoms with Gasteiger partial charge < -0.3 is 29.5 Å².